The zero-order valence-electron chi connectivity index (χ0n) is 17.7. The first-order valence-corrected chi connectivity index (χ1v) is 9.81. The molecule has 0 spiro atoms. The van der Waals surface area contributed by atoms with E-state index in [2.05, 4.69) is 15.2 Å². The van der Waals surface area contributed by atoms with Crippen LogP contribution in [0.3, 0.4) is 0 Å². The van der Waals surface area contributed by atoms with E-state index in [1.165, 1.54) is 6.07 Å². The number of ether oxygens (including phenoxy) is 2. The molecule has 1 amide bonds. The van der Waals surface area contributed by atoms with Crippen LogP contribution in [0.5, 0.6) is 5.75 Å². The molecule has 1 aromatic carbocycles. The minimum absolute atomic E-state index is 0. The van der Waals surface area contributed by atoms with Gasteiger partial charge in [0.2, 0.25) is 0 Å². The molecule has 0 bridgehead atoms. The maximum Gasteiger partial charge on any atom is 0.422 e. The lowest BCUT2D eigenvalue weighted by molar-refractivity contribution is -0.153. The summed E-state index contributed by atoms with van der Waals surface area (Å²) in [7, 11) is 0. The normalized spacial score (nSPS) is 18.6. The predicted octanol–water partition coefficient (Wildman–Crippen LogP) is 3.63. The third-order valence-corrected chi connectivity index (χ3v) is 4.61. The van der Waals surface area contributed by atoms with Gasteiger partial charge in [0.15, 0.2) is 12.6 Å². The number of nitrogens with one attached hydrogen (secondary N) is 1. The quantitative estimate of drug-likeness (QED) is 0.575. The second-order valence-corrected chi connectivity index (χ2v) is 8.34. The van der Waals surface area contributed by atoms with Gasteiger partial charge in [-0.05, 0) is 38.5 Å². The van der Waals surface area contributed by atoms with Crippen molar-refractivity contribution in [3.8, 4) is 5.75 Å². The average Bonchev–Trinajstić information content (AvgIpc) is 3.05. The Kier molecular flexibility index (Phi) is 8.28. The van der Waals surface area contributed by atoms with Crippen LogP contribution in [0.1, 0.15) is 26.3 Å². The van der Waals surface area contributed by atoms with Gasteiger partial charge in [0.05, 0.1) is 12.6 Å². The van der Waals surface area contributed by atoms with E-state index in [4.69, 9.17) is 9.47 Å². The lowest BCUT2D eigenvalue weighted by Gasteiger charge is -2.39. The van der Waals surface area contributed by atoms with Crippen molar-refractivity contribution in [1.29, 1.82) is 0 Å². The van der Waals surface area contributed by atoms with Gasteiger partial charge in [-0.2, -0.15) is 13.2 Å². The van der Waals surface area contributed by atoms with Crippen LogP contribution in [0, 0.1) is 0 Å². The lowest BCUT2D eigenvalue weighted by Crippen LogP contribution is -2.57. The van der Waals surface area contributed by atoms with Crippen molar-refractivity contribution in [1.82, 2.24) is 15.1 Å². The smallest absolute Gasteiger partial charge is 0.422 e. The summed E-state index contributed by atoms with van der Waals surface area (Å²) in [5.74, 6) is 0.897. The number of carbonyl (C=O) groups is 1. The minimum atomic E-state index is -4.37. The Morgan fingerprint density at radius 1 is 1.26 bits per heavy atom. The summed E-state index contributed by atoms with van der Waals surface area (Å²) in [5, 5.41) is 3.24. The number of fused-ring (bicyclic) bond motifs is 1. The second kappa shape index (κ2) is 10.1. The Morgan fingerprint density at radius 2 is 2.00 bits per heavy atom. The maximum atomic E-state index is 12.3. The summed E-state index contributed by atoms with van der Waals surface area (Å²) in [6, 6.07) is 6.61. The zero-order chi connectivity index (χ0) is 21.9. The highest BCUT2D eigenvalue weighted by Crippen LogP contribution is 2.21. The largest absolute Gasteiger partial charge is 0.484 e. The van der Waals surface area contributed by atoms with E-state index in [0.29, 0.717) is 32.7 Å². The number of alkyl halides is 3. The van der Waals surface area contributed by atoms with Crippen molar-refractivity contribution in [3.05, 3.63) is 29.8 Å². The van der Waals surface area contributed by atoms with E-state index in [1.807, 2.05) is 20.8 Å². The first-order valence-electron chi connectivity index (χ1n) is 9.81. The molecule has 1 saturated heterocycles. The Balaban J connectivity index is 0.00000341. The maximum absolute atomic E-state index is 12.3. The monoisotopic (exact) mass is 556 g/mol. The molecule has 2 aliphatic rings. The summed E-state index contributed by atoms with van der Waals surface area (Å²) in [5.41, 5.74) is 0.249. The van der Waals surface area contributed by atoms with Crippen LogP contribution >= 0.6 is 24.0 Å². The van der Waals surface area contributed by atoms with Crippen LogP contribution in [0.25, 0.3) is 0 Å². The number of amides is 1. The molecule has 1 aromatic rings. The highest BCUT2D eigenvalue weighted by atomic mass is 127. The molecule has 31 heavy (non-hydrogen) atoms. The molecular formula is C20H28F3IN4O3. The molecule has 0 aromatic heterocycles. The Labute approximate surface area is 197 Å². The fraction of sp³-hybridized carbons (Fsp3) is 0.600. The van der Waals surface area contributed by atoms with E-state index in [9.17, 15) is 18.0 Å². The predicted molar refractivity (Wildman–Crippen MR) is 121 cm³/mol. The van der Waals surface area contributed by atoms with Gasteiger partial charge in [-0.3, -0.25) is 4.99 Å². The van der Waals surface area contributed by atoms with E-state index in [0.717, 1.165) is 11.5 Å². The number of guanidine groups is 1. The van der Waals surface area contributed by atoms with Gasteiger partial charge in [-0.15, -0.1) is 24.0 Å². The van der Waals surface area contributed by atoms with E-state index in [1.54, 1.807) is 23.1 Å². The summed E-state index contributed by atoms with van der Waals surface area (Å²) in [6.07, 6.45) is -4.69. The van der Waals surface area contributed by atoms with Crippen molar-refractivity contribution in [2.45, 2.75) is 45.1 Å². The summed E-state index contributed by atoms with van der Waals surface area (Å²) < 4.78 is 47.2. The van der Waals surface area contributed by atoms with E-state index in [-0.39, 0.29) is 41.9 Å². The molecule has 0 radical (unpaired) electrons. The summed E-state index contributed by atoms with van der Waals surface area (Å²) in [4.78, 5) is 20.6. The molecule has 174 valence electrons. The molecule has 0 aliphatic carbocycles. The summed E-state index contributed by atoms with van der Waals surface area (Å²) in [6.45, 7) is 6.86. The van der Waals surface area contributed by atoms with Crippen LogP contribution in [0.15, 0.2) is 29.3 Å². The molecule has 1 atom stereocenters. The molecule has 1 unspecified atom stereocenters. The van der Waals surface area contributed by atoms with Crippen LogP contribution in [-0.4, -0.2) is 72.5 Å². The SMILES string of the molecule is CC(C)(C)OC(=O)N1CCN2C(NCc3cccc(OCC(F)(F)F)c3)=NCC2C1.I. The Hall–Kier alpha value is -1.92. The number of hydrogen-bond donors (Lipinski definition) is 1. The number of carbonyl (C=O) groups excluding carboxylic acids is 1. The lowest BCUT2D eigenvalue weighted by atomic mass is 10.2. The van der Waals surface area contributed by atoms with Crippen molar-refractivity contribution in [2.75, 3.05) is 32.8 Å². The van der Waals surface area contributed by atoms with Gasteiger partial charge >= 0.3 is 12.3 Å². The van der Waals surface area contributed by atoms with Gasteiger partial charge in [-0.25, -0.2) is 4.79 Å². The number of aliphatic imine (C=N–C) groups is 1. The van der Waals surface area contributed by atoms with Gasteiger partial charge in [0, 0.05) is 26.2 Å². The van der Waals surface area contributed by atoms with Gasteiger partial charge in [0.1, 0.15) is 11.4 Å². The van der Waals surface area contributed by atoms with E-state index < -0.39 is 18.4 Å². The highest BCUT2D eigenvalue weighted by Gasteiger charge is 2.36. The zero-order valence-corrected chi connectivity index (χ0v) is 20.1. The average molecular weight is 556 g/mol. The first kappa shape index (κ1) is 25.3. The van der Waals surface area contributed by atoms with Crippen molar-refractivity contribution in [2.24, 2.45) is 4.99 Å². The summed E-state index contributed by atoms with van der Waals surface area (Å²) >= 11 is 0. The number of halogens is 4. The number of hydrogen-bond acceptors (Lipinski definition) is 6. The highest BCUT2D eigenvalue weighted by molar-refractivity contribution is 14.0. The van der Waals surface area contributed by atoms with Crippen molar-refractivity contribution >= 4 is 36.0 Å². The fourth-order valence-electron chi connectivity index (χ4n) is 3.31. The number of rotatable bonds is 4. The molecule has 3 rings (SSSR count). The first-order chi connectivity index (χ1) is 14.0. The third kappa shape index (κ3) is 7.62. The van der Waals surface area contributed by atoms with Crippen LogP contribution in [-0.2, 0) is 11.3 Å². The van der Waals surface area contributed by atoms with Crippen LogP contribution < -0.4 is 10.1 Å². The third-order valence-electron chi connectivity index (χ3n) is 4.61. The fourth-order valence-corrected chi connectivity index (χ4v) is 3.31. The van der Waals surface area contributed by atoms with Crippen molar-refractivity contribution < 1.29 is 27.4 Å². The topological polar surface area (TPSA) is 66.4 Å². The Bertz CT molecular complexity index is 799. The van der Waals surface area contributed by atoms with Gasteiger partial charge in [-0.1, -0.05) is 12.1 Å². The molecule has 1 fully saturated rings. The molecule has 2 aliphatic heterocycles. The molecule has 0 saturated carbocycles. The molecule has 11 heteroatoms. The minimum Gasteiger partial charge on any atom is -0.484 e. The number of piperazine rings is 1. The van der Waals surface area contributed by atoms with Crippen LogP contribution in [0.2, 0.25) is 0 Å². The Morgan fingerprint density at radius 3 is 2.68 bits per heavy atom. The number of nitrogens with zero attached hydrogens (tertiary/aromatic N) is 3. The van der Waals surface area contributed by atoms with Gasteiger partial charge < -0.3 is 24.6 Å². The molecular weight excluding hydrogens is 528 g/mol. The number of benzene rings is 1. The molecule has 7 nitrogen and oxygen atoms in total. The molecule has 1 N–H and O–H groups in total. The molecule has 2 heterocycles. The van der Waals surface area contributed by atoms with Crippen LogP contribution in [0.4, 0.5) is 18.0 Å². The van der Waals surface area contributed by atoms with Crippen molar-refractivity contribution in [3.63, 3.8) is 0 Å². The van der Waals surface area contributed by atoms with E-state index >= 15 is 0 Å². The second-order valence-electron chi connectivity index (χ2n) is 8.34. The standard InChI is InChI=1S/C20H27F3N4O3.HI/c1-19(2,3)30-18(28)26-7-8-27-15(12-26)11-25-17(27)24-10-14-5-4-6-16(9-14)29-13-20(21,22)23;/h4-6,9,15H,7-8,10-13H2,1-3H3,(H,24,25);1H. The van der Waals surface area contributed by atoms with Gasteiger partial charge in [0.25, 0.3) is 0 Å².